The molecule has 0 bridgehead atoms. The van der Waals surface area contributed by atoms with E-state index in [0.29, 0.717) is 17.6 Å². The summed E-state index contributed by atoms with van der Waals surface area (Å²) in [6, 6.07) is 6.84. The number of aryl methyl sites for hydroxylation is 1. The minimum absolute atomic E-state index is 0.101. The molecule has 1 saturated carbocycles. The first-order valence-corrected chi connectivity index (χ1v) is 7.80. The van der Waals surface area contributed by atoms with Crippen LogP contribution in [0.15, 0.2) is 18.2 Å². The molecule has 20 heavy (non-hydrogen) atoms. The van der Waals surface area contributed by atoms with Crippen molar-refractivity contribution in [3.63, 3.8) is 0 Å². The van der Waals surface area contributed by atoms with Gasteiger partial charge in [-0.3, -0.25) is 4.90 Å². The highest BCUT2D eigenvalue weighted by Gasteiger charge is 2.27. The minimum Gasteiger partial charge on any atom is -0.328 e. The largest absolute Gasteiger partial charge is 0.328 e. The first-order valence-electron chi connectivity index (χ1n) is 7.80. The normalized spacial score (nSPS) is 24.9. The molecule has 2 rings (SSSR count). The predicted molar refractivity (Wildman–Crippen MR) is 82.2 cm³/mol. The fourth-order valence-corrected chi connectivity index (χ4v) is 3.34. The van der Waals surface area contributed by atoms with Crippen molar-refractivity contribution in [3.05, 3.63) is 35.1 Å². The van der Waals surface area contributed by atoms with Gasteiger partial charge < -0.3 is 5.73 Å². The minimum atomic E-state index is -0.101. The van der Waals surface area contributed by atoms with Crippen LogP contribution in [0, 0.1) is 12.7 Å². The molecular formula is C17H27FN2. The summed E-state index contributed by atoms with van der Waals surface area (Å²) in [6.45, 7) is 7.18. The lowest BCUT2D eigenvalue weighted by Crippen LogP contribution is -2.42. The summed E-state index contributed by atoms with van der Waals surface area (Å²) < 4.78 is 13.8. The third kappa shape index (κ3) is 3.39. The zero-order valence-electron chi connectivity index (χ0n) is 12.9. The van der Waals surface area contributed by atoms with Crippen molar-refractivity contribution < 1.29 is 4.39 Å². The molecule has 2 nitrogen and oxygen atoms in total. The maximum absolute atomic E-state index is 13.8. The van der Waals surface area contributed by atoms with E-state index in [1.54, 1.807) is 6.07 Å². The van der Waals surface area contributed by atoms with Gasteiger partial charge in [-0.1, -0.05) is 19.1 Å². The summed E-state index contributed by atoms with van der Waals surface area (Å²) in [6.07, 6.45) is 4.54. The highest BCUT2D eigenvalue weighted by Crippen LogP contribution is 2.30. The summed E-state index contributed by atoms with van der Waals surface area (Å²) in [5.74, 6) is -0.101. The van der Waals surface area contributed by atoms with Gasteiger partial charge in [0.25, 0.3) is 0 Å². The van der Waals surface area contributed by atoms with Gasteiger partial charge in [-0.05, 0) is 63.3 Å². The van der Waals surface area contributed by atoms with Crippen molar-refractivity contribution in [3.8, 4) is 0 Å². The number of halogens is 1. The second-order valence-corrected chi connectivity index (χ2v) is 6.08. The number of hydrogen-bond acceptors (Lipinski definition) is 2. The van der Waals surface area contributed by atoms with E-state index in [0.717, 1.165) is 37.8 Å². The Balaban J connectivity index is 2.11. The van der Waals surface area contributed by atoms with Crippen molar-refractivity contribution >= 4 is 0 Å². The third-order valence-electron chi connectivity index (χ3n) is 4.75. The molecule has 0 aliphatic heterocycles. The number of rotatable bonds is 4. The Hall–Kier alpha value is -0.930. The number of nitrogens with zero attached hydrogens (tertiary/aromatic N) is 1. The van der Waals surface area contributed by atoms with Gasteiger partial charge in [0.05, 0.1) is 0 Å². The van der Waals surface area contributed by atoms with E-state index in [-0.39, 0.29) is 11.9 Å². The Morgan fingerprint density at radius 1 is 1.30 bits per heavy atom. The standard InChI is InChI=1S/C17H27FN2/c1-4-20(16-9-7-15(19)8-10-16)13(3)14-6-5-12(2)17(18)11-14/h5-6,11,13,15-16H,4,7-10,19H2,1-3H3. The molecular weight excluding hydrogens is 251 g/mol. The first-order chi connectivity index (χ1) is 9.52. The fourth-order valence-electron chi connectivity index (χ4n) is 3.34. The molecule has 1 aromatic rings. The van der Waals surface area contributed by atoms with Crippen LogP contribution >= 0.6 is 0 Å². The lowest BCUT2D eigenvalue weighted by molar-refractivity contribution is 0.114. The van der Waals surface area contributed by atoms with Crippen molar-refractivity contribution in [2.75, 3.05) is 6.54 Å². The molecule has 1 aliphatic carbocycles. The molecule has 0 aromatic heterocycles. The van der Waals surface area contributed by atoms with E-state index in [1.807, 2.05) is 13.0 Å². The average Bonchev–Trinajstić information content (AvgIpc) is 2.44. The molecule has 0 spiro atoms. The van der Waals surface area contributed by atoms with E-state index in [4.69, 9.17) is 5.73 Å². The maximum atomic E-state index is 13.8. The van der Waals surface area contributed by atoms with Crippen LogP contribution in [0.3, 0.4) is 0 Å². The molecule has 0 heterocycles. The van der Waals surface area contributed by atoms with Crippen molar-refractivity contribution in [1.82, 2.24) is 4.90 Å². The topological polar surface area (TPSA) is 29.3 Å². The number of benzene rings is 1. The molecule has 1 aromatic carbocycles. The second-order valence-electron chi connectivity index (χ2n) is 6.08. The summed E-state index contributed by atoms with van der Waals surface area (Å²) in [5, 5.41) is 0. The number of hydrogen-bond donors (Lipinski definition) is 1. The lowest BCUT2D eigenvalue weighted by Gasteiger charge is -2.39. The molecule has 112 valence electrons. The predicted octanol–water partition coefficient (Wildman–Crippen LogP) is 3.79. The molecule has 1 fully saturated rings. The monoisotopic (exact) mass is 278 g/mol. The average molecular weight is 278 g/mol. The Kier molecular flexibility index (Phi) is 5.17. The van der Waals surface area contributed by atoms with Crippen LogP contribution in [-0.2, 0) is 0 Å². The van der Waals surface area contributed by atoms with Gasteiger partial charge in [0.1, 0.15) is 5.82 Å². The molecule has 0 amide bonds. The quantitative estimate of drug-likeness (QED) is 0.908. The maximum Gasteiger partial charge on any atom is 0.126 e. The van der Waals surface area contributed by atoms with Crippen molar-refractivity contribution in [2.24, 2.45) is 5.73 Å². The molecule has 1 unspecified atom stereocenters. The summed E-state index contributed by atoms with van der Waals surface area (Å²) in [5.41, 5.74) is 7.78. The van der Waals surface area contributed by atoms with Gasteiger partial charge in [-0.15, -0.1) is 0 Å². The molecule has 0 radical (unpaired) electrons. The highest BCUT2D eigenvalue weighted by atomic mass is 19.1. The van der Waals surface area contributed by atoms with Crippen LogP contribution in [0.25, 0.3) is 0 Å². The van der Waals surface area contributed by atoms with E-state index in [2.05, 4.69) is 24.8 Å². The first kappa shape index (κ1) is 15.5. The summed E-state index contributed by atoms with van der Waals surface area (Å²) >= 11 is 0. The smallest absolute Gasteiger partial charge is 0.126 e. The Bertz CT molecular complexity index is 439. The van der Waals surface area contributed by atoms with Crippen LogP contribution in [0.2, 0.25) is 0 Å². The van der Waals surface area contributed by atoms with Crippen LogP contribution in [-0.4, -0.2) is 23.5 Å². The SMILES string of the molecule is CCN(C1CCC(N)CC1)C(C)c1ccc(C)c(F)c1. The van der Waals surface area contributed by atoms with E-state index in [1.165, 1.54) is 0 Å². The Morgan fingerprint density at radius 2 is 1.95 bits per heavy atom. The van der Waals surface area contributed by atoms with Gasteiger partial charge in [-0.25, -0.2) is 4.39 Å². The van der Waals surface area contributed by atoms with Crippen LogP contribution < -0.4 is 5.73 Å². The van der Waals surface area contributed by atoms with E-state index < -0.39 is 0 Å². The van der Waals surface area contributed by atoms with Gasteiger partial charge in [0, 0.05) is 18.1 Å². The molecule has 3 heteroatoms. The van der Waals surface area contributed by atoms with Crippen LogP contribution in [0.4, 0.5) is 4.39 Å². The summed E-state index contributed by atoms with van der Waals surface area (Å²) in [4.78, 5) is 2.50. The van der Waals surface area contributed by atoms with Crippen molar-refractivity contribution in [1.29, 1.82) is 0 Å². The van der Waals surface area contributed by atoms with Gasteiger partial charge in [-0.2, -0.15) is 0 Å². The third-order valence-corrected chi connectivity index (χ3v) is 4.75. The zero-order chi connectivity index (χ0) is 14.7. The highest BCUT2D eigenvalue weighted by molar-refractivity contribution is 5.25. The van der Waals surface area contributed by atoms with E-state index >= 15 is 0 Å². The summed E-state index contributed by atoms with van der Waals surface area (Å²) in [7, 11) is 0. The van der Waals surface area contributed by atoms with Gasteiger partial charge in [0.2, 0.25) is 0 Å². The van der Waals surface area contributed by atoms with Crippen LogP contribution in [0.1, 0.15) is 56.7 Å². The Morgan fingerprint density at radius 3 is 2.50 bits per heavy atom. The van der Waals surface area contributed by atoms with Gasteiger partial charge >= 0.3 is 0 Å². The fraction of sp³-hybridized carbons (Fsp3) is 0.647. The number of nitrogens with two attached hydrogens (primary N) is 1. The van der Waals surface area contributed by atoms with E-state index in [9.17, 15) is 4.39 Å². The molecule has 1 atom stereocenters. The molecule has 2 N–H and O–H groups in total. The Labute approximate surface area is 122 Å². The second kappa shape index (κ2) is 6.68. The molecule has 0 saturated heterocycles. The van der Waals surface area contributed by atoms with Gasteiger partial charge in [0.15, 0.2) is 0 Å². The zero-order valence-corrected chi connectivity index (χ0v) is 12.9. The van der Waals surface area contributed by atoms with Crippen molar-refractivity contribution in [2.45, 2.75) is 64.6 Å². The molecule has 1 aliphatic rings. The van der Waals surface area contributed by atoms with Crippen LogP contribution in [0.5, 0.6) is 0 Å². The lowest BCUT2D eigenvalue weighted by atomic mass is 9.89.